The Hall–Kier alpha value is -2.61. The molecule has 0 saturated carbocycles. The number of amides is 1. The van der Waals surface area contributed by atoms with Crippen molar-refractivity contribution in [2.24, 2.45) is 0 Å². The predicted octanol–water partition coefficient (Wildman–Crippen LogP) is 3.09. The second-order valence-corrected chi connectivity index (χ2v) is 6.89. The Balaban J connectivity index is 1.55. The minimum absolute atomic E-state index is 0.0494. The van der Waals surface area contributed by atoms with E-state index in [1.807, 2.05) is 17.0 Å². The van der Waals surface area contributed by atoms with Crippen molar-refractivity contribution in [2.75, 3.05) is 13.1 Å². The zero-order valence-electron chi connectivity index (χ0n) is 13.9. The lowest BCUT2D eigenvalue weighted by Crippen LogP contribution is -2.27. The monoisotopic (exact) mass is 379 g/mol. The van der Waals surface area contributed by atoms with Gasteiger partial charge in [0.25, 0.3) is 5.91 Å². The highest BCUT2D eigenvalue weighted by Gasteiger charge is 2.19. The summed E-state index contributed by atoms with van der Waals surface area (Å²) in [7, 11) is -5.03. The summed E-state index contributed by atoms with van der Waals surface area (Å²) in [6.45, 7) is 1.90. The SMILES string of the molecule is O=C(c1ccc(COc2ccc(OS(=O)(=O)F)cc2)cc1)N1CCCC1. The number of hydrogen-bond acceptors (Lipinski definition) is 5. The summed E-state index contributed by atoms with van der Waals surface area (Å²) in [6, 6.07) is 12.8. The number of nitrogens with zero attached hydrogens (tertiary/aromatic N) is 1. The molecule has 0 atom stereocenters. The maximum absolute atomic E-state index is 12.4. The molecular weight excluding hydrogens is 361 g/mol. The average Bonchev–Trinajstić information content (AvgIpc) is 3.14. The Morgan fingerprint density at radius 3 is 2.12 bits per heavy atom. The smallest absolute Gasteiger partial charge is 0.488 e. The zero-order valence-corrected chi connectivity index (χ0v) is 14.7. The van der Waals surface area contributed by atoms with Crippen LogP contribution in [0.4, 0.5) is 3.89 Å². The van der Waals surface area contributed by atoms with E-state index in [1.54, 1.807) is 12.1 Å². The van der Waals surface area contributed by atoms with Gasteiger partial charge >= 0.3 is 10.5 Å². The molecule has 0 aromatic heterocycles. The van der Waals surface area contributed by atoms with Crippen molar-refractivity contribution in [3.05, 3.63) is 59.7 Å². The molecule has 26 heavy (non-hydrogen) atoms. The molecule has 2 aromatic rings. The molecule has 0 radical (unpaired) electrons. The van der Waals surface area contributed by atoms with Gasteiger partial charge in [-0.05, 0) is 54.8 Å². The van der Waals surface area contributed by atoms with E-state index >= 15 is 0 Å². The van der Waals surface area contributed by atoms with Crippen LogP contribution >= 0.6 is 0 Å². The summed E-state index contributed by atoms with van der Waals surface area (Å²) in [4.78, 5) is 14.1. The van der Waals surface area contributed by atoms with Crippen molar-refractivity contribution >= 4 is 16.4 Å². The maximum atomic E-state index is 12.4. The minimum Gasteiger partial charge on any atom is -0.489 e. The number of rotatable bonds is 6. The molecule has 0 aliphatic carbocycles. The summed E-state index contributed by atoms with van der Waals surface area (Å²) in [5.41, 5.74) is 1.54. The van der Waals surface area contributed by atoms with Crippen molar-refractivity contribution in [3.63, 3.8) is 0 Å². The average molecular weight is 379 g/mol. The maximum Gasteiger partial charge on any atom is 0.488 e. The van der Waals surface area contributed by atoms with Crippen molar-refractivity contribution in [1.29, 1.82) is 0 Å². The molecule has 138 valence electrons. The number of carbonyl (C=O) groups is 1. The number of halogens is 1. The quantitative estimate of drug-likeness (QED) is 0.721. The van der Waals surface area contributed by atoms with Crippen LogP contribution in [-0.4, -0.2) is 32.3 Å². The van der Waals surface area contributed by atoms with E-state index < -0.39 is 10.5 Å². The van der Waals surface area contributed by atoms with Gasteiger partial charge in [-0.2, -0.15) is 8.42 Å². The molecule has 1 saturated heterocycles. The standard InChI is InChI=1S/C18H18FNO5S/c19-26(22,23)25-17-9-7-16(8-10-17)24-13-14-3-5-15(6-4-14)18(21)20-11-1-2-12-20/h3-10H,1-2,11-13H2. The van der Waals surface area contributed by atoms with Crippen LogP contribution in [0.15, 0.2) is 48.5 Å². The molecule has 6 nitrogen and oxygen atoms in total. The van der Waals surface area contributed by atoms with Gasteiger partial charge in [0.05, 0.1) is 0 Å². The van der Waals surface area contributed by atoms with E-state index in [2.05, 4.69) is 4.18 Å². The number of carbonyl (C=O) groups excluding carboxylic acids is 1. The molecule has 1 aliphatic heterocycles. The summed E-state index contributed by atoms with van der Waals surface area (Å²) >= 11 is 0. The molecule has 0 spiro atoms. The van der Waals surface area contributed by atoms with Gasteiger partial charge in [-0.25, -0.2) is 0 Å². The van der Waals surface area contributed by atoms with Gasteiger partial charge in [0.2, 0.25) is 0 Å². The fraction of sp³-hybridized carbons (Fsp3) is 0.278. The molecule has 2 aromatic carbocycles. The van der Waals surface area contributed by atoms with Crippen molar-refractivity contribution in [3.8, 4) is 11.5 Å². The Morgan fingerprint density at radius 2 is 1.54 bits per heavy atom. The topological polar surface area (TPSA) is 72.9 Å². The highest BCUT2D eigenvalue weighted by Crippen LogP contribution is 2.20. The van der Waals surface area contributed by atoms with Gasteiger partial charge in [-0.1, -0.05) is 16.0 Å². The molecule has 1 fully saturated rings. The van der Waals surface area contributed by atoms with Gasteiger partial charge in [-0.3, -0.25) is 4.79 Å². The second-order valence-electron chi connectivity index (χ2n) is 5.93. The van der Waals surface area contributed by atoms with Gasteiger partial charge in [0.15, 0.2) is 0 Å². The van der Waals surface area contributed by atoms with Gasteiger partial charge in [0, 0.05) is 18.7 Å². The summed E-state index contributed by atoms with van der Waals surface area (Å²) in [5.74, 6) is 0.392. The summed E-state index contributed by atoms with van der Waals surface area (Å²) in [6.07, 6.45) is 2.11. The third-order valence-electron chi connectivity index (χ3n) is 4.02. The van der Waals surface area contributed by atoms with Crippen molar-refractivity contribution in [2.45, 2.75) is 19.4 Å². The molecule has 0 N–H and O–H groups in total. The number of benzene rings is 2. The fourth-order valence-corrected chi connectivity index (χ4v) is 3.06. The van der Waals surface area contributed by atoms with Gasteiger partial charge < -0.3 is 13.8 Å². The summed E-state index contributed by atoms with van der Waals surface area (Å²) in [5, 5.41) is 0. The van der Waals surface area contributed by atoms with Gasteiger partial charge in [0.1, 0.15) is 18.1 Å². The Labute approximate surface area is 151 Å². The van der Waals surface area contributed by atoms with E-state index in [1.165, 1.54) is 24.3 Å². The van der Waals surface area contributed by atoms with E-state index in [9.17, 15) is 17.1 Å². The lowest BCUT2D eigenvalue weighted by atomic mass is 10.1. The first-order valence-electron chi connectivity index (χ1n) is 8.16. The van der Waals surface area contributed by atoms with Crippen LogP contribution in [0.2, 0.25) is 0 Å². The first-order valence-corrected chi connectivity index (χ1v) is 9.47. The Kier molecular flexibility index (Phi) is 5.41. The lowest BCUT2D eigenvalue weighted by Gasteiger charge is -2.15. The molecule has 0 unspecified atom stereocenters. The van der Waals surface area contributed by atoms with Crippen LogP contribution in [-0.2, 0) is 17.1 Å². The highest BCUT2D eigenvalue weighted by atomic mass is 32.3. The number of ether oxygens (including phenoxy) is 1. The number of likely N-dealkylation sites (tertiary alicyclic amines) is 1. The third-order valence-corrected chi connectivity index (χ3v) is 4.41. The molecule has 0 bridgehead atoms. The molecule has 1 heterocycles. The highest BCUT2D eigenvalue weighted by molar-refractivity contribution is 7.81. The van der Waals surface area contributed by atoms with E-state index in [0.717, 1.165) is 31.5 Å². The van der Waals surface area contributed by atoms with E-state index in [-0.39, 0.29) is 18.3 Å². The normalized spacial score (nSPS) is 14.3. The predicted molar refractivity (Wildman–Crippen MR) is 93.0 cm³/mol. The van der Waals surface area contributed by atoms with Crippen molar-refractivity contribution < 1.29 is 26.0 Å². The van der Waals surface area contributed by atoms with Crippen molar-refractivity contribution in [1.82, 2.24) is 4.90 Å². The zero-order chi connectivity index (χ0) is 18.6. The Bertz CT molecular complexity index is 859. The lowest BCUT2D eigenvalue weighted by molar-refractivity contribution is 0.0792. The molecule has 3 rings (SSSR count). The first-order chi connectivity index (χ1) is 12.4. The van der Waals surface area contributed by atoms with E-state index in [4.69, 9.17) is 4.74 Å². The second kappa shape index (κ2) is 7.74. The van der Waals surface area contributed by atoms with Crippen LogP contribution in [0.1, 0.15) is 28.8 Å². The molecule has 8 heteroatoms. The molecule has 1 aliphatic rings. The molecule has 1 amide bonds. The number of hydrogen-bond donors (Lipinski definition) is 0. The minimum atomic E-state index is -5.03. The van der Waals surface area contributed by atoms with Crippen LogP contribution in [0.5, 0.6) is 11.5 Å². The van der Waals surface area contributed by atoms with Crippen LogP contribution < -0.4 is 8.92 Å². The third kappa shape index (κ3) is 4.95. The summed E-state index contributed by atoms with van der Waals surface area (Å²) < 4.78 is 42.9. The van der Waals surface area contributed by atoms with Crippen LogP contribution in [0.3, 0.4) is 0 Å². The van der Waals surface area contributed by atoms with Crippen LogP contribution in [0.25, 0.3) is 0 Å². The largest absolute Gasteiger partial charge is 0.489 e. The van der Waals surface area contributed by atoms with E-state index in [0.29, 0.717) is 11.3 Å². The Morgan fingerprint density at radius 1 is 0.962 bits per heavy atom. The fourth-order valence-electron chi connectivity index (χ4n) is 2.72. The first kappa shape index (κ1) is 18.2. The molecular formula is C18H18FNO5S. The van der Waals surface area contributed by atoms with Gasteiger partial charge in [-0.15, -0.1) is 0 Å². The van der Waals surface area contributed by atoms with Crippen LogP contribution in [0, 0.1) is 0 Å².